The second kappa shape index (κ2) is 5.96. The van der Waals surface area contributed by atoms with Gasteiger partial charge in [-0.3, -0.25) is 0 Å². The van der Waals surface area contributed by atoms with Crippen molar-refractivity contribution < 1.29 is 4.39 Å². The van der Waals surface area contributed by atoms with Crippen LogP contribution in [0.5, 0.6) is 0 Å². The molecule has 3 aromatic rings. The van der Waals surface area contributed by atoms with E-state index in [2.05, 4.69) is 45.5 Å². The van der Waals surface area contributed by atoms with Crippen LogP contribution in [-0.4, -0.2) is 7.05 Å². The van der Waals surface area contributed by atoms with Crippen LogP contribution in [-0.2, 0) is 0 Å². The lowest BCUT2D eigenvalue weighted by atomic mass is 9.94. The third-order valence-corrected chi connectivity index (χ3v) is 4.40. The minimum Gasteiger partial charge on any atom is -0.309 e. The normalized spacial score (nSPS) is 12.5. The van der Waals surface area contributed by atoms with Gasteiger partial charge in [0.05, 0.1) is 6.04 Å². The number of hydrogen-bond acceptors (Lipinski definition) is 1. The van der Waals surface area contributed by atoms with Crippen molar-refractivity contribution in [1.82, 2.24) is 5.32 Å². The lowest BCUT2D eigenvalue weighted by Gasteiger charge is -2.20. The highest BCUT2D eigenvalue weighted by molar-refractivity contribution is 9.10. The molecule has 3 rings (SSSR count). The molecule has 0 heterocycles. The van der Waals surface area contributed by atoms with Crippen molar-refractivity contribution in [1.29, 1.82) is 0 Å². The van der Waals surface area contributed by atoms with Crippen molar-refractivity contribution in [3.8, 4) is 0 Å². The van der Waals surface area contributed by atoms with Gasteiger partial charge in [0.15, 0.2) is 0 Å². The topological polar surface area (TPSA) is 12.0 Å². The van der Waals surface area contributed by atoms with Crippen LogP contribution < -0.4 is 5.32 Å². The van der Waals surface area contributed by atoms with E-state index in [1.807, 2.05) is 31.3 Å². The second-order valence-corrected chi connectivity index (χ2v) is 5.81. The number of nitrogens with one attached hydrogen (secondary N) is 1. The molecule has 0 aliphatic heterocycles. The Morgan fingerprint density at radius 3 is 2.24 bits per heavy atom. The van der Waals surface area contributed by atoms with E-state index in [0.717, 1.165) is 10.0 Å². The summed E-state index contributed by atoms with van der Waals surface area (Å²) < 4.78 is 14.2. The summed E-state index contributed by atoms with van der Waals surface area (Å²) in [4.78, 5) is 0. The monoisotopic (exact) mass is 343 g/mol. The summed E-state index contributed by atoms with van der Waals surface area (Å²) in [6, 6.07) is 19.1. The fourth-order valence-electron chi connectivity index (χ4n) is 2.69. The van der Waals surface area contributed by atoms with Crippen LogP contribution in [0.1, 0.15) is 17.2 Å². The molecule has 0 amide bonds. The molecule has 21 heavy (non-hydrogen) atoms. The smallest absolute Gasteiger partial charge is 0.123 e. The van der Waals surface area contributed by atoms with Crippen LogP contribution >= 0.6 is 15.9 Å². The SMILES string of the molecule is CNC(c1ccc(F)cc1)c1ccc(Br)c2ccccc12. The highest BCUT2D eigenvalue weighted by atomic mass is 79.9. The molecule has 0 aliphatic carbocycles. The Morgan fingerprint density at radius 1 is 0.905 bits per heavy atom. The molecule has 1 unspecified atom stereocenters. The van der Waals surface area contributed by atoms with Crippen LogP contribution in [0.3, 0.4) is 0 Å². The highest BCUT2D eigenvalue weighted by Crippen LogP contribution is 2.32. The van der Waals surface area contributed by atoms with Crippen LogP contribution in [0.15, 0.2) is 65.1 Å². The summed E-state index contributed by atoms with van der Waals surface area (Å²) >= 11 is 3.60. The van der Waals surface area contributed by atoms with Crippen LogP contribution in [0.4, 0.5) is 4.39 Å². The summed E-state index contributed by atoms with van der Waals surface area (Å²) in [6.45, 7) is 0. The summed E-state index contributed by atoms with van der Waals surface area (Å²) in [5, 5.41) is 5.70. The third-order valence-electron chi connectivity index (χ3n) is 3.71. The van der Waals surface area contributed by atoms with E-state index < -0.39 is 0 Å². The predicted molar refractivity (Wildman–Crippen MR) is 89.0 cm³/mol. The fourth-order valence-corrected chi connectivity index (χ4v) is 3.17. The maximum absolute atomic E-state index is 13.1. The van der Waals surface area contributed by atoms with E-state index in [0.29, 0.717) is 0 Å². The first kappa shape index (κ1) is 14.2. The minimum atomic E-state index is -0.214. The van der Waals surface area contributed by atoms with Gasteiger partial charge < -0.3 is 5.32 Å². The molecule has 0 aromatic heterocycles. The highest BCUT2D eigenvalue weighted by Gasteiger charge is 2.15. The van der Waals surface area contributed by atoms with Gasteiger partial charge in [-0.1, -0.05) is 58.4 Å². The molecule has 0 saturated carbocycles. The van der Waals surface area contributed by atoms with E-state index in [1.54, 1.807) is 0 Å². The molecule has 0 bridgehead atoms. The molecule has 0 radical (unpaired) electrons. The van der Waals surface area contributed by atoms with Gasteiger partial charge in [0.1, 0.15) is 5.82 Å². The van der Waals surface area contributed by atoms with Gasteiger partial charge >= 0.3 is 0 Å². The molecular formula is C18H15BrFN. The Labute approximate surface area is 131 Å². The molecule has 106 valence electrons. The second-order valence-electron chi connectivity index (χ2n) is 4.96. The maximum atomic E-state index is 13.1. The van der Waals surface area contributed by atoms with Crippen LogP contribution in [0.25, 0.3) is 10.8 Å². The average molecular weight is 344 g/mol. The third kappa shape index (κ3) is 2.71. The van der Waals surface area contributed by atoms with E-state index in [1.165, 1.54) is 28.5 Å². The predicted octanol–water partition coefficient (Wildman–Crippen LogP) is 5.05. The Balaban J connectivity index is 2.17. The lowest BCUT2D eigenvalue weighted by Crippen LogP contribution is -2.18. The first-order chi connectivity index (χ1) is 10.2. The Hall–Kier alpha value is -1.71. The Morgan fingerprint density at radius 2 is 1.57 bits per heavy atom. The van der Waals surface area contributed by atoms with Crippen molar-refractivity contribution in [2.75, 3.05) is 7.05 Å². The van der Waals surface area contributed by atoms with Crippen molar-refractivity contribution in [3.05, 3.63) is 82.1 Å². The standard InChI is InChI=1S/C18H15BrFN/c1-21-18(12-6-8-13(20)9-7-12)16-10-11-17(19)15-5-3-2-4-14(15)16/h2-11,18,21H,1H3. The molecule has 0 spiro atoms. The molecule has 0 aliphatic rings. The molecular weight excluding hydrogens is 329 g/mol. The van der Waals surface area contributed by atoms with Gasteiger partial charge in [0, 0.05) is 4.47 Å². The van der Waals surface area contributed by atoms with Crippen molar-refractivity contribution in [2.24, 2.45) is 0 Å². The minimum absolute atomic E-state index is 0.0311. The van der Waals surface area contributed by atoms with Crippen molar-refractivity contribution in [2.45, 2.75) is 6.04 Å². The van der Waals surface area contributed by atoms with Gasteiger partial charge in [-0.05, 0) is 47.1 Å². The number of rotatable bonds is 3. The molecule has 0 saturated heterocycles. The first-order valence-corrected chi connectivity index (χ1v) is 7.60. The van der Waals surface area contributed by atoms with E-state index >= 15 is 0 Å². The maximum Gasteiger partial charge on any atom is 0.123 e. The summed E-state index contributed by atoms with van der Waals surface area (Å²) in [5.41, 5.74) is 2.23. The molecule has 1 nitrogen and oxygen atoms in total. The Bertz CT molecular complexity index is 768. The molecule has 1 N–H and O–H groups in total. The number of fused-ring (bicyclic) bond motifs is 1. The van der Waals surface area contributed by atoms with Crippen LogP contribution in [0.2, 0.25) is 0 Å². The molecule has 0 fully saturated rings. The summed E-state index contributed by atoms with van der Waals surface area (Å²) in [7, 11) is 1.92. The molecule has 1 atom stereocenters. The van der Waals surface area contributed by atoms with Crippen molar-refractivity contribution in [3.63, 3.8) is 0 Å². The lowest BCUT2D eigenvalue weighted by molar-refractivity contribution is 0.623. The van der Waals surface area contributed by atoms with Gasteiger partial charge in [0.25, 0.3) is 0 Å². The van der Waals surface area contributed by atoms with E-state index in [4.69, 9.17) is 0 Å². The zero-order chi connectivity index (χ0) is 14.8. The van der Waals surface area contributed by atoms with Gasteiger partial charge in [-0.2, -0.15) is 0 Å². The van der Waals surface area contributed by atoms with Gasteiger partial charge in [-0.25, -0.2) is 4.39 Å². The summed E-state index contributed by atoms with van der Waals surface area (Å²) in [6.07, 6.45) is 0. The quantitative estimate of drug-likeness (QED) is 0.701. The first-order valence-electron chi connectivity index (χ1n) is 6.80. The van der Waals surface area contributed by atoms with E-state index in [9.17, 15) is 4.39 Å². The van der Waals surface area contributed by atoms with Gasteiger partial charge in [0.2, 0.25) is 0 Å². The number of hydrogen-bond donors (Lipinski definition) is 1. The zero-order valence-corrected chi connectivity index (χ0v) is 13.2. The Kier molecular flexibility index (Phi) is 4.04. The number of benzene rings is 3. The average Bonchev–Trinajstić information content (AvgIpc) is 2.52. The fraction of sp³-hybridized carbons (Fsp3) is 0.111. The van der Waals surface area contributed by atoms with E-state index in [-0.39, 0.29) is 11.9 Å². The number of halogens is 2. The summed E-state index contributed by atoms with van der Waals surface area (Å²) in [5.74, 6) is -0.214. The van der Waals surface area contributed by atoms with Crippen LogP contribution in [0, 0.1) is 5.82 Å². The molecule has 3 heteroatoms. The van der Waals surface area contributed by atoms with Gasteiger partial charge in [-0.15, -0.1) is 0 Å². The van der Waals surface area contributed by atoms with Crippen molar-refractivity contribution >= 4 is 26.7 Å². The zero-order valence-electron chi connectivity index (χ0n) is 11.6. The molecule has 3 aromatic carbocycles. The largest absolute Gasteiger partial charge is 0.309 e.